The highest BCUT2D eigenvalue weighted by atomic mass is 15.3. The number of benzene rings is 1. The molecule has 2 aromatic rings. The zero-order chi connectivity index (χ0) is 19.8. The highest BCUT2D eigenvalue weighted by Crippen LogP contribution is 2.15. The van der Waals surface area contributed by atoms with Gasteiger partial charge in [-0.3, -0.25) is 0 Å². The van der Waals surface area contributed by atoms with Crippen LogP contribution in [0.15, 0.2) is 23.2 Å². The first-order chi connectivity index (χ1) is 13.7. The summed E-state index contributed by atoms with van der Waals surface area (Å²) in [5.41, 5.74) is 3.86. The summed E-state index contributed by atoms with van der Waals surface area (Å²) in [6, 6.07) is 6.54. The first kappa shape index (κ1) is 20.4. The number of hydrogen-bond acceptors (Lipinski definition) is 3. The van der Waals surface area contributed by atoms with Gasteiger partial charge in [0.15, 0.2) is 5.96 Å². The Hall–Kier alpha value is -2.37. The number of rotatable bonds is 7. The van der Waals surface area contributed by atoms with Gasteiger partial charge in [0.25, 0.3) is 0 Å². The largest absolute Gasteiger partial charge is 0.357 e. The number of nitrogens with one attached hydrogen (secondary N) is 2. The summed E-state index contributed by atoms with van der Waals surface area (Å²) in [6.45, 7) is 9.88. The third-order valence-corrected chi connectivity index (χ3v) is 5.31. The van der Waals surface area contributed by atoms with Crippen molar-refractivity contribution in [2.45, 2.75) is 72.4 Å². The van der Waals surface area contributed by atoms with Crippen LogP contribution in [0.5, 0.6) is 0 Å². The summed E-state index contributed by atoms with van der Waals surface area (Å²) >= 11 is 0. The first-order valence-electron chi connectivity index (χ1n) is 10.7. The minimum atomic E-state index is 0.694. The maximum Gasteiger partial charge on any atom is 0.191 e. The lowest BCUT2D eigenvalue weighted by Gasteiger charge is -2.12. The molecule has 1 aliphatic rings. The smallest absolute Gasteiger partial charge is 0.191 e. The second kappa shape index (κ2) is 10.2. The zero-order valence-corrected chi connectivity index (χ0v) is 17.6. The maximum absolute atomic E-state index is 4.75. The molecule has 1 aliphatic heterocycles. The van der Waals surface area contributed by atoms with Gasteiger partial charge < -0.3 is 15.2 Å². The van der Waals surface area contributed by atoms with E-state index >= 15 is 0 Å². The molecular weight excluding hydrogens is 348 g/mol. The third-order valence-electron chi connectivity index (χ3n) is 5.31. The van der Waals surface area contributed by atoms with E-state index < -0.39 is 0 Å². The van der Waals surface area contributed by atoms with Crippen LogP contribution < -0.4 is 10.6 Å². The van der Waals surface area contributed by atoms with Crippen LogP contribution in [0.3, 0.4) is 0 Å². The van der Waals surface area contributed by atoms with E-state index in [1.165, 1.54) is 41.8 Å². The van der Waals surface area contributed by atoms with Crippen LogP contribution in [0.2, 0.25) is 0 Å². The Labute approximate surface area is 168 Å². The lowest BCUT2D eigenvalue weighted by molar-refractivity contribution is 0.594. The van der Waals surface area contributed by atoms with Crippen molar-refractivity contribution in [3.05, 3.63) is 46.5 Å². The molecule has 2 N–H and O–H groups in total. The minimum absolute atomic E-state index is 0.694. The zero-order valence-electron chi connectivity index (χ0n) is 17.6. The van der Waals surface area contributed by atoms with Gasteiger partial charge in [-0.15, -0.1) is 10.2 Å². The second-order valence-electron chi connectivity index (χ2n) is 7.65. The maximum atomic E-state index is 4.75. The standard InChI is InChI=1S/C22H34N6/c1-4-23-22(25-16-19-12-11-17(2)15-18(19)3)24-13-8-10-21-27-26-20-9-6-5-7-14-28(20)21/h11-12,15H,4-10,13-14,16H2,1-3H3,(H2,23,24,25). The Morgan fingerprint density at radius 1 is 1.14 bits per heavy atom. The molecule has 0 saturated carbocycles. The van der Waals surface area contributed by atoms with Gasteiger partial charge in [-0.2, -0.15) is 0 Å². The monoisotopic (exact) mass is 382 g/mol. The van der Waals surface area contributed by atoms with Gasteiger partial charge in [0.1, 0.15) is 11.6 Å². The van der Waals surface area contributed by atoms with Gasteiger partial charge in [-0.1, -0.05) is 30.2 Å². The number of aliphatic imine (C=N–C) groups is 1. The second-order valence-corrected chi connectivity index (χ2v) is 7.65. The quantitative estimate of drug-likeness (QED) is 0.438. The van der Waals surface area contributed by atoms with Crippen molar-refractivity contribution in [1.29, 1.82) is 0 Å². The Balaban J connectivity index is 1.50. The van der Waals surface area contributed by atoms with Gasteiger partial charge in [-0.05, 0) is 51.2 Å². The molecule has 0 bridgehead atoms. The van der Waals surface area contributed by atoms with E-state index in [1.807, 2.05) is 0 Å². The number of aromatic nitrogens is 3. The highest BCUT2D eigenvalue weighted by molar-refractivity contribution is 5.79. The molecule has 0 fully saturated rings. The Kier molecular flexibility index (Phi) is 7.46. The summed E-state index contributed by atoms with van der Waals surface area (Å²) in [5, 5.41) is 15.6. The number of guanidine groups is 1. The summed E-state index contributed by atoms with van der Waals surface area (Å²) in [7, 11) is 0. The molecule has 6 heteroatoms. The molecule has 3 rings (SSSR count). The Morgan fingerprint density at radius 3 is 2.86 bits per heavy atom. The Bertz CT molecular complexity index is 792. The molecule has 0 saturated heterocycles. The van der Waals surface area contributed by atoms with Gasteiger partial charge >= 0.3 is 0 Å². The summed E-state index contributed by atoms with van der Waals surface area (Å²) in [4.78, 5) is 4.75. The fraction of sp³-hybridized carbons (Fsp3) is 0.591. The molecule has 2 heterocycles. The van der Waals surface area contributed by atoms with Crippen LogP contribution >= 0.6 is 0 Å². The average molecular weight is 383 g/mol. The lowest BCUT2D eigenvalue weighted by Crippen LogP contribution is -2.38. The van der Waals surface area contributed by atoms with Gasteiger partial charge in [0.05, 0.1) is 6.54 Å². The van der Waals surface area contributed by atoms with Crippen LogP contribution in [0.25, 0.3) is 0 Å². The Morgan fingerprint density at radius 2 is 2.04 bits per heavy atom. The molecule has 0 unspecified atom stereocenters. The van der Waals surface area contributed by atoms with Crippen molar-refractivity contribution in [1.82, 2.24) is 25.4 Å². The number of fused-ring (bicyclic) bond motifs is 1. The normalized spacial score (nSPS) is 14.5. The fourth-order valence-corrected chi connectivity index (χ4v) is 3.71. The van der Waals surface area contributed by atoms with Crippen molar-refractivity contribution in [2.24, 2.45) is 4.99 Å². The predicted molar refractivity (Wildman–Crippen MR) is 115 cm³/mol. The fourth-order valence-electron chi connectivity index (χ4n) is 3.71. The number of hydrogen-bond donors (Lipinski definition) is 2. The van der Waals surface area contributed by atoms with E-state index in [2.05, 4.69) is 64.4 Å². The van der Waals surface area contributed by atoms with Crippen LogP contribution in [-0.4, -0.2) is 33.8 Å². The minimum Gasteiger partial charge on any atom is -0.357 e. The molecule has 0 amide bonds. The van der Waals surface area contributed by atoms with E-state index in [9.17, 15) is 0 Å². The highest BCUT2D eigenvalue weighted by Gasteiger charge is 2.14. The summed E-state index contributed by atoms with van der Waals surface area (Å²) < 4.78 is 2.34. The number of aryl methyl sites for hydroxylation is 4. The topological polar surface area (TPSA) is 67.1 Å². The van der Waals surface area contributed by atoms with Gasteiger partial charge in [0.2, 0.25) is 0 Å². The average Bonchev–Trinajstić information content (AvgIpc) is 2.90. The van der Waals surface area contributed by atoms with E-state index in [1.54, 1.807) is 0 Å². The molecule has 152 valence electrons. The summed E-state index contributed by atoms with van der Waals surface area (Å²) in [6.07, 6.45) is 6.82. The molecule has 0 atom stereocenters. The van der Waals surface area contributed by atoms with Crippen LogP contribution in [0.1, 0.15) is 60.9 Å². The van der Waals surface area contributed by atoms with Crippen LogP contribution in [0, 0.1) is 13.8 Å². The SMILES string of the molecule is CCNC(=NCc1ccc(C)cc1C)NCCCc1nnc2n1CCCCC2. The first-order valence-corrected chi connectivity index (χ1v) is 10.7. The predicted octanol–water partition coefficient (Wildman–Crippen LogP) is 3.31. The van der Waals surface area contributed by atoms with E-state index in [4.69, 9.17) is 4.99 Å². The van der Waals surface area contributed by atoms with Crippen molar-refractivity contribution in [3.63, 3.8) is 0 Å². The summed E-state index contributed by atoms with van der Waals surface area (Å²) in [5.74, 6) is 3.18. The molecule has 28 heavy (non-hydrogen) atoms. The van der Waals surface area contributed by atoms with Gasteiger partial charge in [-0.25, -0.2) is 4.99 Å². The van der Waals surface area contributed by atoms with Crippen molar-refractivity contribution >= 4 is 5.96 Å². The molecule has 1 aromatic heterocycles. The van der Waals surface area contributed by atoms with E-state index in [-0.39, 0.29) is 0 Å². The van der Waals surface area contributed by atoms with Crippen molar-refractivity contribution < 1.29 is 0 Å². The molecular formula is C22H34N6. The van der Waals surface area contributed by atoms with E-state index in [0.29, 0.717) is 6.54 Å². The van der Waals surface area contributed by atoms with Gasteiger partial charge in [0, 0.05) is 32.5 Å². The molecule has 0 aliphatic carbocycles. The van der Waals surface area contributed by atoms with Crippen molar-refractivity contribution in [3.8, 4) is 0 Å². The molecule has 1 aromatic carbocycles. The molecule has 6 nitrogen and oxygen atoms in total. The number of nitrogens with zero attached hydrogens (tertiary/aromatic N) is 4. The van der Waals surface area contributed by atoms with E-state index in [0.717, 1.165) is 50.7 Å². The van der Waals surface area contributed by atoms with Crippen LogP contribution in [0.4, 0.5) is 0 Å². The van der Waals surface area contributed by atoms with Crippen molar-refractivity contribution in [2.75, 3.05) is 13.1 Å². The van der Waals surface area contributed by atoms with Crippen LogP contribution in [-0.2, 0) is 25.9 Å². The molecule has 0 spiro atoms. The molecule has 0 radical (unpaired) electrons. The lowest BCUT2D eigenvalue weighted by atomic mass is 10.1. The third kappa shape index (κ3) is 5.57.